The summed E-state index contributed by atoms with van der Waals surface area (Å²) < 4.78 is 0. The van der Waals surface area contributed by atoms with E-state index in [1.54, 1.807) is 27.7 Å². The second kappa shape index (κ2) is 11.3. The largest absolute Gasteiger partial charge is 0.394 e. The van der Waals surface area contributed by atoms with Gasteiger partial charge in [0.25, 0.3) is 0 Å². The number of rotatable bonds is 0. The van der Waals surface area contributed by atoms with E-state index in [9.17, 15) is 0 Å². The standard InChI is InChI=1S/2C3H8O.Al/c2*1-3(2)4;/h2*3-4H,1-2H3;. The lowest BCUT2D eigenvalue weighted by molar-refractivity contribution is 0.215. The molecule has 0 amide bonds. The highest BCUT2D eigenvalue weighted by molar-refractivity contribution is 5.75. The summed E-state index contributed by atoms with van der Waals surface area (Å²) in [4.78, 5) is 0. The molecular formula is C6H16AlO2. The predicted octanol–water partition coefficient (Wildman–Crippen LogP) is 0.393. The average molecular weight is 147 g/mol. The van der Waals surface area contributed by atoms with E-state index in [-0.39, 0.29) is 29.6 Å². The van der Waals surface area contributed by atoms with E-state index in [4.69, 9.17) is 10.2 Å². The number of hydrogen-bond donors (Lipinski definition) is 2. The van der Waals surface area contributed by atoms with E-state index >= 15 is 0 Å². The van der Waals surface area contributed by atoms with Crippen molar-refractivity contribution in [3.63, 3.8) is 0 Å². The Morgan fingerprint density at radius 1 is 0.778 bits per heavy atom. The molecule has 0 spiro atoms. The van der Waals surface area contributed by atoms with Crippen LogP contribution in [-0.4, -0.2) is 39.8 Å². The van der Waals surface area contributed by atoms with Crippen LogP contribution in [0.1, 0.15) is 27.7 Å². The van der Waals surface area contributed by atoms with Gasteiger partial charge in [0.05, 0.1) is 0 Å². The first kappa shape index (κ1) is 16.2. The van der Waals surface area contributed by atoms with Crippen LogP contribution in [0.5, 0.6) is 0 Å². The van der Waals surface area contributed by atoms with Gasteiger partial charge in [-0.3, -0.25) is 0 Å². The quantitative estimate of drug-likeness (QED) is 0.487. The van der Waals surface area contributed by atoms with Gasteiger partial charge < -0.3 is 10.2 Å². The van der Waals surface area contributed by atoms with Crippen LogP contribution in [0.3, 0.4) is 0 Å². The Hall–Kier alpha value is 0.452. The Labute approximate surface area is 68.0 Å². The molecule has 0 atom stereocenters. The first-order valence-corrected chi connectivity index (χ1v) is 2.83. The molecule has 3 radical (unpaired) electrons. The molecule has 9 heavy (non-hydrogen) atoms. The minimum absolute atomic E-state index is 0. The maximum absolute atomic E-state index is 8.06. The van der Waals surface area contributed by atoms with Gasteiger partial charge in [0.1, 0.15) is 0 Å². The number of aliphatic hydroxyl groups is 2. The van der Waals surface area contributed by atoms with E-state index in [2.05, 4.69) is 0 Å². The molecule has 0 saturated carbocycles. The summed E-state index contributed by atoms with van der Waals surface area (Å²) in [6.45, 7) is 6.89. The fourth-order valence-corrected chi connectivity index (χ4v) is 0. The first-order valence-electron chi connectivity index (χ1n) is 2.83. The third-order valence-electron chi connectivity index (χ3n) is 0. The molecule has 0 fully saturated rings. The molecule has 0 aliphatic heterocycles. The summed E-state index contributed by atoms with van der Waals surface area (Å²) in [6.07, 6.45) is -0.333. The molecule has 0 rings (SSSR count). The van der Waals surface area contributed by atoms with Crippen molar-refractivity contribution in [3.05, 3.63) is 0 Å². The molecule has 0 aromatic rings. The smallest absolute Gasteiger partial charge is 0.0483 e. The highest BCUT2D eigenvalue weighted by Crippen LogP contribution is 1.65. The van der Waals surface area contributed by atoms with E-state index in [0.29, 0.717) is 0 Å². The van der Waals surface area contributed by atoms with Crippen molar-refractivity contribution in [1.29, 1.82) is 0 Å². The second-order valence-electron chi connectivity index (χ2n) is 2.19. The minimum atomic E-state index is -0.167. The summed E-state index contributed by atoms with van der Waals surface area (Å²) in [5.41, 5.74) is 0. The number of hydrogen-bond acceptors (Lipinski definition) is 2. The van der Waals surface area contributed by atoms with Crippen LogP contribution in [0.25, 0.3) is 0 Å². The summed E-state index contributed by atoms with van der Waals surface area (Å²) in [5, 5.41) is 16.1. The van der Waals surface area contributed by atoms with Crippen molar-refractivity contribution in [3.8, 4) is 0 Å². The summed E-state index contributed by atoms with van der Waals surface area (Å²) in [5.74, 6) is 0. The van der Waals surface area contributed by atoms with Crippen molar-refractivity contribution < 1.29 is 10.2 Å². The van der Waals surface area contributed by atoms with Crippen LogP contribution >= 0.6 is 0 Å². The van der Waals surface area contributed by atoms with Crippen molar-refractivity contribution in [2.45, 2.75) is 39.9 Å². The Bertz CT molecular complexity index is 26.5. The lowest BCUT2D eigenvalue weighted by atomic mass is 10.5. The van der Waals surface area contributed by atoms with Crippen LogP contribution in [0.2, 0.25) is 0 Å². The van der Waals surface area contributed by atoms with Gasteiger partial charge in [-0.05, 0) is 27.7 Å². The molecule has 2 nitrogen and oxygen atoms in total. The van der Waals surface area contributed by atoms with Gasteiger partial charge in [-0.2, -0.15) is 0 Å². The number of aliphatic hydroxyl groups excluding tert-OH is 2. The van der Waals surface area contributed by atoms with Gasteiger partial charge in [-0.25, -0.2) is 0 Å². The van der Waals surface area contributed by atoms with Crippen molar-refractivity contribution in [1.82, 2.24) is 0 Å². The SMILES string of the molecule is CC(C)O.CC(C)O.[Al]. The first-order chi connectivity index (χ1) is 3.46. The highest BCUT2D eigenvalue weighted by Gasteiger charge is 1.69. The summed E-state index contributed by atoms with van der Waals surface area (Å²) in [7, 11) is 0. The third-order valence-corrected chi connectivity index (χ3v) is 0. The molecule has 0 bridgehead atoms. The van der Waals surface area contributed by atoms with Crippen LogP contribution in [0, 0.1) is 0 Å². The Morgan fingerprint density at radius 2 is 0.778 bits per heavy atom. The Morgan fingerprint density at radius 3 is 0.778 bits per heavy atom. The van der Waals surface area contributed by atoms with Gasteiger partial charge in [0, 0.05) is 29.6 Å². The Kier molecular flexibility index (Phi) is 20.3. The molecule has 0 aliphatic carbocycles. The molecule has 0 aromatic heterocycles. The van der Waals surface area contributed by atoms with Crippen LogP contribution in [0.4, 0.5) is 0 Å². The normalized spacial score (nSPS) is 8.00. The molecule has 0 aliphatic rings. The van der Waals surface area contributed by atoms with Crippen LogP contribution in [0.15, 0.2) is 0 Å². The summed E-state index contributed by atoms with van der Waals surface area (Å²) in [6, 6.07) is 0. The van der Waals surface area contributed by atoms with Gasteiger partial charge >= 0.3 is 0 Å². The molecule has 3 heteroatoms. The van der Waals surface area contributed by atoms with Crippen LogP contribution in [-0.2, 0) is 0 Å². The lowest BCUT2D eigenvalue weighted by Gasteiger charge is -1.80. The molecule has 0 saturated heterocycles. The van der Waals surface area contributed by atoms with Crippen molar-refractivity contribution in [2.75, 3.05) is 0 Å². The average Bonchev–Trinajstić information content (AvgIpc) is 1.25. The molecule has 2 N–H and O–H groups in total. The van der Waals surface area contributed by atoms with Gasteiger partial charge in [-0.15, -0.1) is 0 Å². The van der Waals surface area contributed by atoms with E-state index in [0.717, 1.165) is 0 Å². The maximum atomic E-state index is 8.06. The predicted molar refractivity (Wildman–Crippen MR) is 40.5 cm³/mol. The topological polar surface area (TPSA) is 40.5 Å². The van der Waals surface area contributed by atoms with Gasteiger partial charge in [0.15, 0.2) is 0 Å². The van der Waals surface area contributed by atoms with E-state index in [1.807, 2.05) is 0 Å². The zero-order valence-electron chi connectivity index (χ0n) is 6.63. The van der Waals surface area contributed by atoms with Gasteiger partial charge in [-0.1, -0.05) is 0 Å². The second-order valence-corrected chi connectivity index (χ2v) is 2.19. The zero-order valence-corrected chi connectivity index (χ0v) is 7.78. The zero-order chi connectivity index (χ0) is 7.15. The van der Waals surface area contributed by atoms with Crippen molar-refractivity contribution >= 4 is 17.4 Å². The van der Waals surface area contributed by atoms with E-state index < -0.39 is 0 Å². The lowest BCUT2D eigenvalue weighted by Crippen LogP contribution is -1.85. The highest BCUT2D eigenvalue weighted by atomic mass is 27.0. The van der Waals surface area contributed by atoms with Gasteiger partial charge in [0.2, 0.25) is 0 Å². The maximum Gasteiger partial charge on any atom is 0.0483 e. The molecule has 55 valence electrons. The molecular weight excluding hydrogens is 131 g/mol. The summed E-state index contributed by atoms with van der Waals surface area (Å²) >= 11 is 0. The molecule has 0 unspecified atom stereocenters. The third kappa shape index (κ3) is 1720. The van der Waals surface area contributed by atoms with Crippen LogP contribution < -0.4 is 0 Å². The monoisotopic (exact) mass is 147 g/mol. The molecule has 0 heterocycles. The fourth-order valence-electron chi connectivity index (χ4n) is 0. The Balaban J connectivity index is -0.0000000720. The fraction of sp³-hybridized carbons (Fsp3) is 1.00. The minimum Gasteiger partial charge on any atom is -0.394 e. The van der Waals surface area contributed by atoms with E-state index in [1.165, 1.54) is 0 Å². The van der Waals surface area contributed by atoms with Crippen molar-refractivity contribution in [2.24, 2.45) is 0 Å². The molecule has 0 aromatic carbocycles.